The van der Waals surface area contributed by atoms with Gasteiger partial charge in [-0.15, -0.1) is 11.8 Å². The van der Waals surface area contributed by atoms with Crippen LogP contribution in [-0.4, -0.2) is 36.8 Å². The first kappa shape index (κ1) is 12.8. The predicted octanol–water partition coefficient (Wildman–Crippen LogP) is 2.53. The summed E-state index contributed by atoms with van der Waals surface area (Å²) in [6.45, 7) is 2.16. The average Bonchev–Trinajstić information content (AvgIpc) is 2.60. The zero-order valence-electron chi connectivity index (χ0n) is 11.3. The van der Waals surface area contributed by atoms with E-state index < -0.39 is 0 Å². The normalized spacial score (nSPS) is 20.2. The number of aromatic nitrogens is 1. The lowest BCUT2D eigenvalue weighted by Crippen LogP contribution is -2.31. The van der Waals surface area contributed by atoms with E-state index in [1.807, 2.05) is 13.2 Å². The average molecular weight is 277 g/mol. The van der Waals surface area contributed by atoms with Crippen molar-refractivity contribution in [2.45, 2.75) is 30.6 Å². The van der Waals surface area contributed by atoms with E-state index >= 15 is 0 Å². The summed E-state index contributed by atoms with van der Waals surface area (Å²) in [5.74, 6) is 2.06. The lowest BCUT2D eigenvalue weighted by Gasteiger charge is -2.29. The van der Waals surface area contributed by atoms with Crippen LogP contribution in [0.5, 0.6) is 0 Å². The Morgan fingerprint density at radius 1 is 1.26 bits per heavy atom. The number of fused-ring (bicyclic) bond motifs is 1. The molecular formula is C14H19N3OS. The molecule has 0 saturated carbocycles. The molecule has 4 nitrogen and oxygen atoms in total. The molecule has 2 aliphatic rings. The van der Waals surface area contributed by atoms with Gasteiger partial charge in [-0.25, -0.2) is 4.98 Å². The highest BCUT2D eigenvalue weighted by molar-refractivity contribution is 7.99. The van der Waals surface area contributed by atoms with Crippen LogP contribution >= 0.6 is 11.8 Å². The molecule has 0 bridgehead atoms. The second-order valence-corrected chi connectivity index (χ2v) is 6.25. The van der Waals surface area contributed by atoms with Gasteiger partial charge in [-0.05, 0) is 19.3 Å². The number of thioether (sulfide) groups is 1. The molecule has 1 saturated heterocycles. The molecule has 0 N–H and O–H groups in total. The Kier molecular flexibility index (Phi) is 3.64. The highest BCUT2D eigenvalue weighted by Gasteiger charge is 2.21. The Bertz CT molecular complexity index is 486. The molecule has 19 heavy (non-hydrogen) atoms. The molecule has 1 aromatic heterocycles. The predicted molar refractivity (Wildman–Crippen MR) is 79.1 cm³/mol. The number of amides is 1. The standard InChI is InChI=1S/C14H19N3OS/c1-16-11-9-13(17-6-3-2-4-7-17)15-10-12(11)19-8-5-14(16)18/h9-10H,2-8H2,1H3. The third-order valence-corrected chi connectivity index (χ3v) is 4.86. The summed E-state index contributed by atoms with van der Waals surface area (Å²) in [6.07, 6.45) is 6.33. The summed E-state index contributed by atoms with van der Waals surface area (Å²) in [5.41, 5.74) is 1.02. The second-order valence-electron chi connectivity index (χ2n) is 5.11. The summed E-state index contributed by atoms with van der Waals surface area (Å²) in [7, 11) is 1.87. The maximum Gasteiger partial charge on any atom is 0.227 e. The molecule has 0 spiro atoms. The molecule has 0 atom stereocenters. The second kappa shape index (κ2) is 5.41. The van der Waals surface area contributed by atoms with E-state index in [2.05, 4.69) is 16.0 Å². The highest BCUT2D eigenvalue weighted by Crippen LogP contribution is 2.35. The zero-order valence-corrected chi connectivity index (χ0v) is 12.1. The minimum atomic E-state index is 0.196. The molecule has 2 aliphatic heterocycles. The molecule has 1 aromatic rings. The van der Waals surface area contributed by atoms with Gasteiger partial charge in [0.05, 0.1) is 5.69 Å². The molecule has 0 radical (unpaired) electrons. The zero-order chi connectivity index (χ0) is 13.2. The first-order chi connectivity index (χ1) is 9.25. The van der Waals surface area contributed by atoms with Crippen molar-refractivity contribution < 1.29 is 4.79 Å². The fraction of sp³-hybridized carbons (Fsp3) is 0.571. The number of nitrogens with zero attached hydrogens (tertiary/aromatic N) is 3. The maximum atomic E-state index is 11.9. The van der Waals surface area contributed by atoms with Crippen molar-refractivity contribution in [3.63, 3.8) is 0 Å². The number of anilines is 2. The minimum absolute atomic E-state index is 0.196. The van der Waals surface area contributed by atoms with Crippen LogP contribution in [0.1, 0.15) is 25.7 Å². The summed E-state index contributed by atoms with van der Waals surface area (Å²) < 4.78 is 0. The monoisotopic (exact) mass is 277 g/mol. The number of piperidine rings is 1. The molecule has 0 aliphatic carbocycles. The van der Waals surface area contributed by atoms with Gasteiger partial charge in [-0.3, -0.25) is 4.79 Å². The summed E-state index contributed by atoms with van der Waals surface area (Å²) in [6, 6.07) is 2.08. The van der Waals surface area contributed by atoms with Gasteiger partial charge in [0.25, 0.3) is 0 Å². The fourth-order valence-corrected chi connectivity index (χ4v) is 3.61. The van der Waals surface area contributed by atoms with E-state index in [9.17, 15) is 4.79 Å². The number of rotatable bonds is 1. The smallest absolute Gasteiger partial charge is 0.227 e. The van der Waals surface area contributed by atoms with E-state index in [-0.39, 0.29) is 5.91 Å². The first-order valence-electron chi connectivity index (χ1n) is 6.90. The van der Waals surface area contributed by atoms with Crippen molar-refractivity contribution in [1.82, 2.24) is 4.98 Å². The number of carbonyl (C=O) groups excluding carboxylic acids is 1. The highest BCUT2D eigenvalue weighted by atomic mass is 32.2. The van der Waals surface area contributed by atoms with Crippen LogP contribution < -0.4 is 9.80 Å². The van der Waals surface area contributed by atoms with Crippen LogP contribution in [0, 0.1) is 0 Å². The van der Waals surface area contributed by atoms with Crippen LogP contribution in [0.25, 0.3) is 0 Å². The third kappa shape index (κ3) is 2.56. The van der Waals surface area contributed by atoms with Crippen LogP contribution in [0.4, 0.5) is 11.5 Å². The fourth-order valence-electron chi connectivity index (χ4n) is 2.64. The van der Waals surface area contributed by atoms with Crippen molar-refractivity contribution in [1.29, 1.82) is 0 Å². The van der Waals surface area contributed by atoms with E-state index in [1.54, 1.807) is 16.7 Å². The first-order valence-corrected chi connectivity index (χ1v) is 7.88. The largest absolute Gasteiger partial charge is 0.357 e. The lowest BCUT2D eigenvalue weighted by atomic mass is 10.1. The Morgan fingerprint density at radius 2 is 2.05 bits per heavy atom. The third-order valence-electron chi connectivity index (χ3n) is 3.82. The Balaban J connectivity index is 1.92. The lowest BCUT2D eigenvalue weighted by molar-refractivity contribution is -0.117. The van der Waals surface area contributed by atoms with Gasteiger partial charge in [0.15, 0.2) is 0 Å². The van der Waals surface area contributed by atoms with Crippen molar-refractivity contribution in [3.05, 3.63) is 12.3 Å². The molecule has 3 heterocycles. The van der Waals surface area contributed by atoms with E-state index in [4.69, 9.17) is 0 Å². The summed E-state index contributed by atoms with van der Waals surface area (Å²) >= 11 is 1.73. The van der Waals surface area contributed by atoms with Gasteiger partial charge in [0.2, 0.25) is 5.91 Å². The van der Waals surface area contributed by atoms with E-state index in [0.717, 1.165) is 35.2 Å². The summed E-state index contributed by atoms with van der Waals surface area (Å²) in [5, 5.41) is 0. The van der Waals surface area contributed by atoms with Crippen molar-refractivity contribution >= 4 is 29.2 Å². The van der Waals surface area contributed by atoms with Crippen LogP contribution in [0.15, 0.2) is 17.2 Å². The molecule has 1 amide bonds. The van der Waals surface area contributed by atoms with Gasteiger partial charge in [-0.1, -0.05) is 0 Å². The van der Waals surface area contributed by atoms with Crippen LogP contribution in [0.2, 0.25) is 0 Å². The quantitative estimate of drug-likeness (QED) is 0.790. The molecular weight excluding hydrogens is 258 g/mol. The molecule has 0 aromatic carbocycles. The number of pyridine rings is 1. The maximum absolute atomic E-state index is 11.9. The minimum Gasteiger partial charge on any atom is -0.357 e. The number of hydrogen-bond acceptors (Lipinski definition) is 4. The van der Waals surface area contributed by atoms with E-state index in [1.165, 1.54) is 19.3 Å². The Hall–Kier alpha value is -1.23. The van der Waals surface area contributed by atoms with Gasteiger partial charge < -0.3 is 9.80 Å². The molecule has 3 rings (SSSR count). The van der Waals surface area contributed by atoms with Gasteiger partial charge in [0, 0.05) is 49.5 Å². The Morgan fingerprint density at radius 3 is 2.84 bits per heavy atom. The van der Waals surface area contributed by atoms with Crippen molar-refractivity contribution in [3.8, 4) is 0 Å². The van der Waals surface area contributed by atoms with Crippen LogP contribution in [-0.2, 0) is 4.79 Å². The van der Waals surface area contributed by atoms with Crippen molar-refractivity contribution in [2.75, 3.05) is 35.7 Å². The van der Waals surface area contributed by atoms with Crippen LogP contribution in [0.3, 0.4) is 0 Å². The van der Waals surface area contributed by atoms with Gasteiger partial charge in [0.1, 0.15) is 5.82 Å². The molecule has 5 heteroatoms. The molecule has 1 fully saturated rings. The SMILES string of the molecule is CN1C(=O)CCSc2cnc(N3CCCCC3)cc21. The van der Waals surface area contributed by atoms with Crippen molar-refractivity contribution in [2.24, 2.45) is 0 Å². The van der Waals surface area contributed by atoms with Gasteiger partial charge >= 0.3 is 0 Å². The molecule has 102 valence electrons. The number of hydrogen-bond donors (Lipinski definition) is 0. The topological polar surface area (TPSA) is 36.4 Å². The molecule has 0 unspecified atom stereocenters. The van der Waals surface area contributed by atoms with E-state index in [0.29, 0.717) is 6.42 Å². The summed E-state index contributed by atoms with van der Waals surface area (Å²) in [4.78, 5) is 21.8. The van der Waals surface area contributed by atoms with Gasteiger partial charge in [-0.2, -0.15) is 0 Å². The number of carbonyl (C=O) groups is 1. The Labute approximate surface area is 118 Å².